The van der Waals surface area contributed by atoms with Gasteiger partial charge in [0.2, 0.25) is 0 Å². The van der Waals surface area contributed by atoms with Gasteiger partial charge in [0.05, 0.1) is 0 Å². The first-order chi connectivity index (χ1) is 9.13. The summed E-state index contributed by atoms with van der Waals surface area (Å²) in [5.74, 6) is 2.24. The molecular weight excluding hydrogens is 232 g/mol. The fraction of sp³-hybridized carbons (Fsp3) is 0.647. The fourth-order valence-electron chi connectivity index (χ4n) is 4.11. The zero-order valence-electron chi connectivity index (χ0n) is 12.2. The molecule has 1 heterocycles. The molecule has 1 saturated carbocycles. The van der Waals surface area contributed by atoms with Crippen LogP contribution in [0.3, 0.4) is 0 Å². The highest BCUT2D eigenvalue weighted by Gasteiger charge is 2.33. The van der Waals surface area contributed by atoms with Gasteiger partial charge in [0, 0.05) is 25.7 Å². The summed E-state index contributed by atoms with van der Waals surface area (Å²) in [5, 5.41) is 0. The maximum atomic E-state index is 6.42. The van der Waals surface area contributed by atoms with Gasteiger partial charge in [-0.15, -0.1) is 0 Å². The predicted molar refractivity (Wildman–Crippen MR) is 79.6 cm³/mol. The second kappa shape index (κ2) is 5.26. The highest BCUT2D eigenvalue weighted by molar-refractivity contribution is 5.30. The van der Waals surface area contributed by atoms with Crippen molar-refractivity contribution < 1.29 is 0 Å². The standard InChI is InChI=1S/C17H26N2/c1-12-7-13(2)16(17(18)8-12)11-19-9-14-5-3-4-6-15(14)10-19/h3-6,12-13,16-17H,7-11,18H2,1-2H3. The molecule has 0 aromatic heterocycles. The Hall–Kier alpha value is -0.860. The molecule has 2 nitrogen and oxygen atoms in total. The van der Waals surface area contributed by atoms with Gasteiger partial charge in [-0.3, -0.25) is 4.90 Å². The van der Waals surface area contributed by atoms with Gasteiger partial charge in [-0.1, -0.05) is 38.1 Å². The van der Waals surface area contributed by atoms with E-state index in [1.807, 2.05) is 0 Å². The number of nitrogens with zero attached hydrogens (tertiary/aromatic N) is 1. The van der Waals surface area contributed by atoms with Crippen molar-refractivity contribution in [3.63, 3.8) is 0 Å². The zero-order chi connectivity index (χ0) is 13.4. The molecule has 1 fully saturated rings. The Balaban J connectivity index is 1.64. The van der Waals surface area contributed by atoms with Crippen molar-refractivity contribution in [2.45, 2.75) is 45.8 Å². The van der Waals surface area contributed by atoms with E-state index in [1.165, 1.54) is 30.5 Å². The SMILES string of the molecule is CC1CC(C)C(CN2Cc3ccccc3C2)C(N)C1. The van der Waals surface area contributed by atoms with Crippen molar-refractivity contribution in [3.8, 4) is 0 Å². The molecule has 0 bridgehead atoms. The smallest absolute Gasteiger partial charge is 0.0240 e. The minimum atomic E-state index is 0.391. The quantitative estimate of drug-likeness (QED) is 0.883. The number of nitrogens with two attached hydrogens (primary N) is 1. The van der Waals surface area contributed by atoms with E-state index in [4.69, 9.17) is 5.73 Å². The molecule has 4 atom stereocenters. The average Bonchev–Trinajstić information content (AvgIpc) is 2.76. The Kier molecular flexibility index (Phi) is 3.64. The van der Waals surface area contributed by atoms with Crippen LogP contribution in [0.15, 0.2) is 24.3 Å². The predicted octanol–water partition coefficient (Wildman–Crippen LogP) is 3.01. The van der Waals surface area contributed by atoms with Crippen molar-refractivity contribution in [1.29, 1.82) is 0 Å². The van der Waals surface area contributed by atoms with Gasteiger partial charge in [0.15, 0.2) is 0 Å². The number of rotatable bonds is 2. The summed E-state index contributed by atoms with van der Waals surface area (Å²) in [6.45, 7) is 8.13. The lowest BCUT2D eigenvalue weighted by atomic mass is 9.72. The van der Waals surface area contributed by atoms with Gasteiger partial charge in [0.1, 0.15) is 0 Å². The highest BCUT2D eigenvalue weighted by Crippen LogP contribution is 2.34. The van der Waals surface area contributed by atoms with E-state index in [1.54, 1.807) is 0 Å². The third-order valence-corrected chi connectivity index (χ3v) is 5.10. The molecule has 0 spiro atoms. The van der Waals surface area contributed by atoms with E-state index in [-0.39, 0.29) is 0 Å². The van der Waals surface area contributed by atoms with Crippen LogP contribution in [0.25, 0.3) is 0 Å². The van der Waals surface area contributed by atoms with E-state index >= 15 is 0 Å². The van der Waals surface area contributed by atoms with Gasteiger partial charge in [0.25, 0.3) is 0 Å². The van der Waals surface area contributed by atoms with E-state index in [2.05, 4.69) is 43.0 Å². The number of fused-ring (bicyclic) bond motifs is 1. The summed E-state index contributed by atoms with van der Waals surface area (Å²) in [6.07, 6.45) is 2.55. The van der Waals surface area contributed by atoms with Crippen LogP contribution < -0.4 is 5.73 Å². The molecule has 2 heteroatoms. The minimum Gasteiger partial charge on any atom is -0.327 e. The summed E-state index contributed by atoms with van der Waals surface area (Å²) in [4.78, 5) is 2.58. The third kappa shape index (κ3) is 2.70. The van der Waals surface area contributed by atoms with Crippen LogP contribution in [0, 0.1) is 17.8 Å². The molecule has 1 aliphatic heterocycles. The molecule has 19 heavy (non-hydrogen) atoms. The Morgan fingerprint density at radius 1 is 1.11 bits per heavy atom. The molecule has 3 rings (SSSR count). The minimum absolute atomic E-state index is 0.391. The molecule has 0 radical (unpaired) electrons. The van der Waals surface area contributed by atoms with Gasteiger partial charge >= 0.3 is 0 Å². The molecule has 0 amide bonds. The molecule has 0 saturated heterocycles. The van der Waals surface area contributed by atoms with E-state index in [0.29, 0.717) is 12.0 Å². The van der Waals surface area contributed by atoms with Gasteiger partial charge in [-0.2, -0.15) is 0 Å². The van der Waals surface area contributed by atoms with Crippen molar-refractivity contribution in [3.05, 3.63) is 35.4 Å². The molecule has 2 aliphatic rings. The van der Waals surface area contributed by atoms with Crippen LogP contribution >= 0.6 is 0 Å². The first-order valence-electron chi connectivity index (χ1n) is 7.68. The third-order valence-electron chi connectivity index (χ3n) is 5.10. The first-order valence-corrected chi connectivity index (χ1v) is 7.68. The van der Waals surface area contributed by atoms with Crippen molar-refractivity contribution in [2.75, 3.05) is 6.54 Å². The highest BCUT2D eigenvalue weighted by atomic mass is 15.1. The Morgan fingerprint density at radius 3 is 2.32 bits per heavy atom. The zero-order valence-corrected chi connectivity index (χ0v) is 12.2. The van der Waals surface area contributed by atoms with Crippen LogP contribution in [0.4, 0.5) is 0 Å². The lowest BCUT2D eigenvalue weighted by Crippen LogP contribution is -2.45. The van der Waals surface area contributed by atoms with Crippen LogP contribution in [-0.4, -0.2) is 17.5 Å². The number of benzene rings is 1. The van der Waals surface area contributed by atoms with Crippen LogP contribution in [0.5, 0.6) is 0 Å². The molecular formula is C17H26N2. The Labute approximate surface area is 117 Å². The van der Waals surface area contributed by atoms with Gasteiger partial charge < -0.3 is 5.73 Å². The topological polar surface area (TPSA) is 29.3 Å². The normalized spacial score (nSPS) is 35.3. The lowest BCUT2D eigenvalue weighted by Gasteiger charge is -2.39. The van der Waals surface area contributed by atoms with Crippen molar-refractivity contribution in [1.82, 2.24) is 4.90 Å². The van der Waals surface area contributed by atoms with Crippen LogP contribution in [0.2, 0.25) is 0 Å². The molecule has 1 aliphatic carbocycles. The van der Waals surface area contributed by atoms with E-state index in [9.17, 15) is 0 Å². The number of hydrogen-bond acceptors (Lipinski definition) is 2. The summed E-state index contributed by atoms with van der Waals surface area (Å²) in [5.41, 5.74) is 9.43. The molecule has 4 unspecified atom stereocenters. The maximum Gasteiger partial charge on any atom is 0.0240 e. The Morgan fingerprint density at radius 2 is 1.74 bits per heavy atom. The van der Waals surface area contributed by atoms with Crippen LogP contribution in [0.1, 0.15) is 37.8 Å². The summed E-state index contributed by atoms with van der Waals surface area (Å²) < 4.78 is 0. The van der Waals surface area contributed by atoms with E-state index in [0.717, 1.165) is 24.9 Å². The first kappa shape index (κ1) is 13.1. The monoisotopic (exact) mass is 258 g/mol. The molecule has 1 aromatic rings. The molecule has 2 N–H and O–H groups in total. The summed E-state index contributed by atoms with van der Waals surface area (Å²) >= 11 is 0. The second-order valence-corrected chi connectivity index (χ2v) is 6.82. The largest absolute Gasteiger partial charge is 0.327 e. The molecule has 104 valence electrons. The summed E-state index contributed by atoms with van der Waals surface area (Å²) in [7, 11) is 0. The average molecular weight is 258 g/mol. The van der Waals surface area contributed by atoms with Crippen molar-refractivity contribution in [2.24, 2.45) is 23.5 Å². The fourth-order valence-corrected chi connectivity index (χ4v) is 4.11. The number of hydrogen-bond donors (Lipinski definition) is 1. The molecule has 1 aromatic carbocycles. The Bertz CT molecular complexity index is 406. The maximum absolute atomic E-state index is 6.42. The second-order valence-electron chi connectivity index (χ2n) is 6.82. The van der Waals surface area contributed by atoms with Gasteiger partial charge in [-0.25, -0.2) is 0 Å². The lowest BCUT2D eigenvalue weighted by molar-refractivity contribution is 0.117. The summed E-state index contributed by atoms with van der Waals surface area (Å²) in [6, 6.07) is 9.23. The van der Waals surface area contributed by atoms with Crippen LogP contribution in [-0.2, 0) is 13.1 Å². The van der Waals surface area contributed by atoms with Gasteiger partial charge in [-0.05, 0) is 41.7 Å². The van der Waals surface area contributed by atoms with Crippen molar-refractivity contribution >= 4 is 0 Å². The van der Waals surface area contributed by atoms with E-state index < -0.39 is 0 Å².